The molecule has 0 heterocycles. The first-order valence-corrected chi connectivity index (χ1v) is 5.59. The van der Waals surface area contributed by atoms with Gasteiger partial charge in [0, 0.05) is 17.3 Å². The van der Waals surface area contributed by atoms with Crippen LogP contribution in [0.15, 0.2) is 54.6 Å². The Labute approximate surface area is 109 Å². The van der Waals surface area contributed by atoms with Crippen LogP contribution in [0.2, 0.25) is 0 Å². The van der Waals surface area contributed by atoms with E-state index in [1.54, 1.807) is 36.4 Å². The maximum Gasteiger partial charge on any atom is 0.326 e. The highest BCUT2D eigenvalue weighted by Crippen LogP contribution is 2.15. The number of imide groups is 1. The predicted octanol–water partition coefficient (Wildman–Crippen LogP) is 2.79. The van der Waals surface area contributed by atoms with E-state index in [-0.39, 0.29) is 5.75 Å². The van der Waals surface area contributed by atoms with Crippen LogP contribution in [0.4, 0.5) is 10.5 Å². The normalized spacial score (nSPS) is 9.68. The Kier molecular flexibility index (Phi) is 3.78. The molecule has 5 nitrogen and oxygen atoms in total. The summed E-state index contributed by atoms with van der Waals surface area (Å²) in [5.74, 6) is -0.719. The Balaban J connectivity index is 1.97. The van der Waals surface area contributed by atoms with Crippen LogP contribution in [-0.4, -0.2) is 11.9 Å². The van der Waals surface area contributed by atoms with Crippen LogP contribution in [0.5, 0.6) is 5.75 Å². The van der Waals surface area contributed by atoms with Crippen molar-refractivity contribution in [1.82, 2.24) is 5.32 Å². The Hall–Kier alpha value is -2.82. The Morgan fingerprint density at radius 2 is 1.63 bits per heavy atom. The first-order chi connectivity index (χ1) is 9.15. The lowest BCUT2D eigenvalue weighted by atomic mass is 10.2. The molecule has 0 aromatic heterocycles. The molecule has 3 amide bonds. The van der Waals surface area contributed by atoms with Gasteiger partial charge in [-0.2, -0.15) is 0 Å². The summed E-state index contributed by atoms with van der Waals surface area (Å²) in [5.41, 5.74) is 0.723. The van der Waals surface area contributed by atoms with E-state index in [2.05, 4.69) is 10.6 Å². The van der Waals surface area contributed by atoms with Gasteiger partial charge in [0.15, 0.2) is 5.75 Å². The zero-order chi connectivity index (χ0) is 13.7. The fraction of sp³-hybridized carbons (Fsp3) is 0. The maximum atomic E-state index is 11.7. The highest BCUT2D eigenvalue weighted by Gasteiger charge is 2.09. The fourth-order valence-electron chi connectivity index (χ4n) is 1.50. The van der Waals surface area contributed by atoms with E-state index < -0.39 is 11.9 Å². The largest absolute Gasteiger partial charge is 0.326 e. The third-order valence-corrected chi connectivity index (χ3v) is 2.35. The van der Waals surface area contributed by atoms with E-state index in [9.17, 15) is 14.7 Å². The van der Waals surface area contributed by atoms with E-state index >= 15 is 0 Å². The molecule has 19 heavy (non-hydrogen) atoms. The minimum Gasteiger partial charge on any atom is -0.308 e. The van der Waals surface area contributed by atoms with Gasteiger partial charge < -0.3 is 5.32 Å². The third-order valence-electron chi connectivity index (χ3n) is 2.35. The summed E-state index contributed by atoms with van der Waals surface area (Å²) in [7, 11) is 0. The zero-order valence-electron chi connectivity index (χ0n) is 9.92. The standard InChI is InChI=1S/C14H11N2O3/c17-12-8-4-7-11(9-12)15-14(19)16-13(18)10-5-2-1-3-6-10/h1-9H,(H2,15,16,18,19). The van der Waals surface area contributed by atoms with Crippen LogP contribution in [0.25, 0.3) is 0 Å². The van der Waals surface area contributed by atoms with Gasteiger partial charge in [0.05, 0.1) is 0 Å². The maximum absolute atomic E-state index is 11.7. The van der Waals surface area contributed by atoms with Gasteiger partial charge in [-0.05, 0) is 24.3 Å². The van der Waals surface area contributed by atoms with Gasteiger partial charge >= 0.3 is 6.03 Å². The molecular formula is C14H11N2O3. The van der Waals surface area contributed by atoms with Gasteiger partial charge in [-0.3, -0.25) is 15.2 Å². The molecular weight excluding hydrogens is 244 g/mol. The van der Waals surface area contributed by atoms with Gasteiger partial charge in [0.25, 0.3) is 5.91 Å². The number of anilines is 1. The van der Waals surface area contributed by atoms with Gasteiger partial charge in [-0.1, -0.05) is 24.3 Å². The molecule has 2 N–H and O–H groups in total. The average molecular weight is 255 g/mol. The fourth-order valence-corrected chi connectivity index (χ4v) is 1.50. The number of benzene rings is 2. The quantitative estimate of drug-likeness (QED) is 0.865. The van der Waals surface area contributed by atoms with E-state index in [0.717, 1.165) is 0 Å². The summed E-state index contributed by atoms with van der Waals surface area (Å²) in [6, 6.07) is 13.4. The van der Waals surface area contributed by atoms with E-state index in [1.807, 2.05) is 0 Å². The predicted molar refractivity (Wildman–Crippen MR) is 69.5 cm³/mol. The van der Waals surface area contributed by atoms with E-state index in [4.69, 9.17) is 0 Å². The Morgan fingerprint density at radius 1 is 0.895 bits per heavy atom. The van der Waals surface area contributed by atoms with Crippen molar-refractivity contribution in [1.29, 1.82) is 0 Å². The molecule has 2 aromatic carbocycles. The van der Waals surface area contributed by atoms with Gasteiger partial charge in [0.2, 0.25) is 0 Å². The number of carbonyl (C=O) groups excluding carboxylic acids is 2. The summed E-state index contributed by atoms with van der Waals surface area (Å²) in [6.45, 7) is 0. The van der Waals surface area contributed by atoms with E-state index in [0.29, 0.717) is 11.3 Å². The molecule has 0 aliphatic carbocycles. The molecule has 2 rings (SSSR count). The van der Waals surface area contributed by atoms with Gasteiger partial charge in [0.1, 0.15) is 0 Å². The lowest BCUT2D eigenvalue weighted by Gasteiger charge is -2.06. The highest BCUT2D eigenvalue weighted by molar-refractivity contribution is 6.07. The number of hydrogen-bond acceptors (Lipinski definition) is 2. The van der Waals surface area contributed by atoms with Crippen molar-refractivity contribution in [2.75, 3.05) is 5.32 Å². The molecule has 0 bridgehead atoms. The van der Waals surface area contributed by atoms with Crippen LogP contribution in [0.1, 0.15) is 10.4 Å². The molecule has 2 aromatic rings. The Bertz CT molecular complexity index is 597. The zero-order valence-corrected chi connectivity index (χ0v) is 9.92. The van der Waals surface area contributed by atoms with Gasteiger partial charge in [-0.25, -0.2) is 4.79 Å². The minimum absolute atomic E-state index is 0.216. The van der Waals surface area contributed by atoms with Crippen LogP contribution in [-0.2, 0) is 5.11 Å². The number of rotatable bonds is 2. The van der Waals surface area contributed by atoms with Crippen molar-refractivity contribution in [3.63, 3.8) is 0 Å². The molecule has 0 atom stereocenters. The molecule has 0 fully saturated rings. The molecule has 95 valence electrons. The second-order valence-corrected chi connectivity index (χ2v) is 3.80. The van der Waals surface area contributed by atoms with Crippen molar-refractivity contribution in [3.8, 4) is 5.75 Å². The van der Waals surface area contributed by atoms with Crippen molar-refractivity contribution < 1.29 is 14.7 Å². The molecule has 0 spiro atoms. The van der Waals surface area contributed by atoms with Gasteiger partial charge in [-0.15, -0.1) is 0 Å². The van der Waals surface area contributed by atoms with Crippen LogP contribution >= 0.6 is 0 Å². The number of nitrogens with one attached hydrogen (secondary N) is 2. The highest BCUT2D eigenvalue weighted by atomic mass is 16.3. The van der Waals surface area contributed by atoms with Crippen molar-refractivity contribution >= 4 is 17.6 Å². The lowest BCUT2D eigenvalue weighted by molar-refractivity contribution is 0.0967. The molecule has 5 heteroatoms. The summed E-state index contributed by atoms with van der Waals surface area (Å²) in [6.07, 6.45) is 0. The summed E-state index contributed by atoms with van der Waals surface area (Å²) >= 11 is 0. The molecule has 0 aliphatic heterocycles. The van der Waals surface area contributed by atoms with Crippen molar-refractivity contribution in [2.45, 2.75) is 0 Å². The molecule has 0 unspecified atom stereocenters. The number of carbonyl (C=O) groups is 2. The molecule has 1 radical (unpaired) electrons. The topological polar surface area (TPSA) is 78.1 Å². The van der Waals surface area contributed by atoms with Crippen LogP contribution in [0, 0.1) is 0 Å². The molecule has 0 saturated carbocycles. The number of hydrogen-bond donors (Lipinski definition) is 2. The average Bonchev–Trinajstić information content (AvgIpc) is 2.39. The van der Waals surface area contributed by atoms with Crippen molar-refractivity contribution in [2.24, 2.45) is 0 Å². The SMILES string of the molecule is [O]c1cccc(NC(=O)NC(=O)c2ccccc2)c1. The second-order valence-electron chi connectivity index (χ2n) is 3.80. The minimum atomic E-state index is -0.681. The summed E-state index contributed by atoms with van der Waals surface area (Å²) in [4.78, 5) is 23.2. The third kappa shape index (κ3) is 3.57. The second kappa shape index (κ2) is 5.68. The first kappa shape index (κ1) is 12.6. The first-order valence-electron chi connectivity index (χ1n) is 5.59. The molecule has 0 aliphatic rings. The van der Waals surface area contributed by atoms with Crippen molar-refractivity contribution in [3.05, 3.63) is 60.2 Å². The van der Waals surface area contributed by atoms with Crippen LogP contribution < -0.4 is 10.6 Å². The summed E-state index contributed by atoms with van der Waals surface area (Å²) in [5, 5.41) is 15.7. The monoisotopic (exact) mass is 255 g/mol. The lowest BCUT2D eigenvalue weighted by Crippen LogP contribution is -2.34. The number of amides is 3. The number of urea groups is 1. The Morgan fingerprint density at radius 3 is 2.32 bits per heavy atom. The van der Waals surface area contributed by atoms with Crippen LogP contribution in [0.3, 0.4) is 0 Å². The summed E-state index contributed by atoms with van der Waals surface area (Å²) < 4.78 is 0. The molecule has 0 saturated heterocycles. The smallest absolute Gasteiger partial charge is 0.308 e. The van der Waals surface area contributed by atoms with E-state index in [1.165, 1.54) is 18.2 Å².